The fraction of sp³-hybridized carbons (Fsp3) is 0.474. The molecule has 8 nitrogen and oxygen atoms in total. The Kier molecular flexibility index (Phi) is 6.40. The maximum Gasteiger partial charge on any atom is 0.341 e. The van der Waals surface area contributed by atoms with Crippen molar-refractivity contribution in [3.8, 4) is 5.75 Å². The third-order valence-corrected chi connectivity index (χ3v) is 4.52. The van der Waals surface area contributed by atoms with E-state index >= 15 is 0 Å². The molecule has 0 radical (unpaired) electrons. The molecule has 0 spiro atoms. The Balaban J connectivity index is 1.42. The lowest BCUT2D eigenvalue weighted by atomic mass is 10.1. The molecule has 1 heterocycles. The first-order valence-electron chi connectivity index (χ1n) is 9.13. The number of hydrogen-bond acceptors (Lipinski definition) is 6. The molecule has 1 aromatic carbocycles. The topological polar surface area (TPSA) is 115 Å². The molecule has 1 amide bonds. The monoisotopic (exact) mass is 373 g/mol. The van der Waals surface area contributed by atoms with Crippen molar-refractivity contribution in [2.45, 2.75) is 51.0 Å². The van der Waals surface area contributed by atoms with Gasteiger partial charge >= 0.3 is 5.97 Å². The molecule has 0 bridgehead atoms. The standard InChI is InChI=1S/C19H23N3O5/c23-16(8-9-17-21-19(22-27-17)14-5-1-2-6-14)20-11-13-4-3-7-15(10-13)26-12-18(24)25/h3-4,7,10,14H,1-2,5-6,8-9,11-12H2,(H,20,23)(H,24,25). The van der Waals surface area contributed by atoms with Gasteiger partial charge in [-0.15, -0.1) is 0 Å². The van der Waals surface area contributed by atoms with E-state index in [4.69, 9.17) is 14.4 Å². The van der Waals surface area contributed by atoms with Crippen LogP contribution in [0.5, 0.6) is 5.75 Å². The quantitative estimate of drug-likeness (QED) is 0.694. The van der Waals surface area contributed by atoms with Crippen molar-refractivity contribution in [2.75, 3.05) is 6.61 Å². The molecular weight excluding hydrogens is 350 g/mol. The Hall–Kier alpha value is -2.90. The maximum absolute atomic E-state index is 12.0. The van der Waals surface area contributed by atoms with Crippen LogP contribution < -0.4 is 10.1 Å². The fourth-order valence-corrected chi connectivity index (χ4v) is 3.12. The van der Waals surface area contributed by atoms with Crippen LogP contribution in [0.3, 0.4) is 0 Å². The molecule has 8 heteroatoms. The Morgan fingerprint density at radius 1 is 1.30 bits per heavy atom. The number of carboxylic acid groups (broad SMARTS) is 1. The van der Waals surface area contributed by atoms with Crippen molar-refractivity contribution in [3.05, 3.63) is 41.5 Å². The lowest BCUT2D eigenvalue weighted by Gasteiger charge is -2.07. The molecule has 2 aromatic rings. The van der Waals surface area contributed by atoms with Crippen molar-refractivity contribution in [3.63, 3.8) is 0 Å². The predicted molar refractivity (Wildman–Crippen MR) is 95.2 cm³/mol. The van der Waals surface area contributed by atoms with Crippen LogP contribution in [-0.4, -0.2) is 33.7 Å². The van der Waals surface area contributed by atoms with Gasteiger partial charge in [-0.1, -0.05) is 30.1 Å². The number of benzene rings is 1. The molecule has 1 saturated carbocycles. The van der Waals surface area contributed by atoms with Gasteiger partial charge in [-0.3, -0.25) is 4.79 Å². The summed E-state index contributed by atoms with van der Waals surface area (Å²) in [6.45, 7) is -0.0664. The van der Waals surface area contributed by atoms with Crippen LogP contribution in [-0.2, 0) is 22.6 Å². The normalized spacial score (nSPS) is 14.2. The van der Waals surface area contributed by atoms with Crippen molar-refractivity contribution in [1.29, 1.82) is 0 Å². The van der Waals surface area contributed by atoms with Gasteiger partial charge in [0, 0.05) is 25.3 Å². The van der Waals surface area contributed by atoms with Gasteiger partial charge in [-0.05, 0) is 30.5 Å². The van der Waals surface area contributed by atoms with Gasteiger partial charge in [0.1, 0.15) is 5.75 Å². The molecule has 1 aliphatic carbocycles. The van der Waals surface area contributed by atoms with Gasteiger partial charge in [-0.2, -0.15) is 4.98 Å². The van der Waals surface area contributed by atoms with E-state index < -0.39 is 12.6 Å². The largest absolute Gasteiger partial charge is 0.482 e. The van der Waals surface area contributed by atoms with Crippen LogP contribution in [0.15, 0.2) is 28.8 Å². The van der Waals surface area contributed by atoms with E-state index in [2.05, 4.69) is 15.5 Å². The number of nitrogens with zero attached hydrogens (tertiary/aromatic N) is 2. The number of rotatable bonds is 9. The third-order valence-electron chi connectivity index (χ3n) is 4.52. The van der Waals surface area contributed by atoms with Crippen molar-refractivity contribution < 1.29 is 24.0 Å². The van der Waals surface area contributed by atoms with Gasteiger partial charge in [0.25, 0.3) is 0 Å². The van der Waals surface area contributed by atoms with Crippen LogP contribution in [0.25, 0.3) is 0 Å². The summed E-state index contributed by atoms with van der Waals surface area (Å²) in [4.78, 5) is 27.0. The maximum atomic E-state index is 12.0. The number of aromatic nitrogens is 2. The number of aliphatic carboxylic acids is 1. The van der Waals surface area contributed by atoms with Gasteiger partial charge < -0.3 is 19.7 Å². The van der Waals surface area contributed by atoms with Crippen LogP contribution >= 0.6 is 0 Å². The molecule has 0 saturated heterocycles. The minimum atomic E-state index is -1.04. The lowest BCUT2D eigenvalue weighted by molar-refractivity contribution is -0.139. The number of amides is 1. The molecule has 1 aliphatic rings. The molecule has 27 heavy (non-hydrogen) atoms. The summed E-state index contributed by atoms with van der Waals surface area (Å²) in [5, 5.41) is 15.5. The van der Waals surface area contributed by atoms with Crippen molar-refractivity contribution >= 4 is 11.9 Å². The minimum Gasteiger partial charge on any atom is -0.482 e. The van der Waals surface area contributed by atoms with E-state index in [0.717, 1.165) is 24.2 Å². The van der Waals surface area contributed by atoms with Crippen molar-refractivity contribution in [2.24, 2.45) is 0 Å². The molecular formula is C19H23N3O5. The Bertz CT molecular complexity index is 783. The van der Waals surface area contributed by atoms with Gasteiger partial charge in [0.05, 0.1) is 0 Å². The Morgan fingerprint density at radius 2 is 2.11 bits per heavy atom. The highest BCUT2D eigenvalue weighted by atomic mass is 16.5. The average molecular weight is 373 g/mol. The third kappa shape index (κ3) is 5.80. The summed E-state index contributed by atoms with van der Waals surface area (Å²) in [6.07, 6.45) is 5.30. The molecule has 3 rings (SSSR count). The summed E-state index contributed by atoms with van der Waals surface area (Å²) in [7, 11) is 0. The van der Waals surface area contributed by atoms with Crippen LogP contribution in [0.4, 0.5) is 0 Å². The SMILES string of the molecule is O=C(O)COc1cccc(CNC(=O)CCc2nc(C3CCCC3)no2)c1. The van der Waals surface area contributed by atoms with Crippen LogP contribution in [0.1, 0.15) is 55.3 Å². The second-order valence-electron chi connectivity index (χ2n) is 6.63. The first-order chi connectivity index (χ1) is 13.1. The highest BCUT2D eigenvalue weighted by Crippen LogP contribution is 2.32. The zero-order valence-corrected chi connectivity index (χ0v) is 15.0. The zero-order chi connectivity index (χ0) is 19.1. The Morgan fingerprint density at radius 3 is 2.89 bits per heavy atom. The van der Waals surface area contributed by atoms with Crippen LogP contribution in [0, 0.1) is 0 Å². The lowest BCUT2D eigenvalue weighted by Crippen LogP contribution is -2.23. The molecule has 2 N–H and O–H groups in total. The summed E-state index contributed by atoms with van der Waals surface area (Å²) < 4.78 is 10.4. The number of nitrogens with one attached hydrogen (secondary N) is 1. The van der Waals surface area contributed by atoms with E-state index in [1.165, 1.54) is 12.8 Å². The summed E-state index contributed by atoms with van der Waals surface area (Å²) in [6, 6.07) is 6.96. The molecule has 1 aromatic heterocycles. The molecule has 0 unspecified atom stereocenters. The van der Waals surface area contributed by atoms with E-state index in [1.54, 1.807) is 18.2 Å². The summed E-state index contributed by atoms with van der Waals surface area (Å²) in [5.41, 5.74) is 0.826. The summed E-state index contributed by atoms with van der Waals surface area (Å²) >= 11 is 0. The smallest absolute Gasteiger partial charge is 0.341 e. The van der Waals surface area contributed by atoms with E-state index in [9.17, 15) is 9.59 Å². The van der Waals surface area contributed by atoms with E-state index in [0.29, 0.717) is 30.5 Å². The fourth-order valence-electron chi connectivity index (χ4n) is 3.12. The predicted octanol–water partition coefficient (Wildman–Crippen LogP) is 2.44. The first kappa shape index (κ1) is 18.9. The average Bonchev–Trinajstić information content (AvgIpc) is 3.34. The molecule has 0 atom stereocenters. The van der Waals surface area contributed by atoms with Crippen LogP contribution in [0.2, 0.25) is 0 Å². The molecule has 1 fully saturated rings. The number of aryl methyl sites for hydroxylation is 1. The Labute approximate surface area is 156 Å². The zero-order valence-electron chi connectivity index (χ0n) is 15.0. The minimum absolute atomic E-state index is 0.118. The first-order valence-corrected chi connectivity index (χ1v) is 9.13. The highest BCUT2D eigenvalue weighted by molar-refractivity contribution is 5.76. The van der Waals surface area contributed by atoms with Gasteiger partial charge in [0.2, 0.25) is 11.8 Å². The number of ether oxygens (including phenoxy) is 1. The number of carbonyl (C=O) groups is 2. The summed E-state index contributed by atoms with van der Waals surface area (Å²) in [5.74, 6) is 0.955. The van der Waals surface area contributed by atoms with Crippen molar-refractivity contribution in [1.82, 2.24) is 15.5 Å². The van der Waals surface area contributed by atoms with Gasteiger partial charge in [-0.25, -0.2) is 4.79 Å². The second kappa shape index (κ2) is 9.16. The molecule has 144 valence electrons. The highest BCUT2D eigenvalue weighted by Gasteiger charge is 2.22. The number of hydrogen-bond donors (Lipinski definition) is 2. The second-order valence-corrected chi connectivity index (χ2v) is 6.63. The number of carbonyl (C=O) groups excluding carboxylic acids is 1. The number of carboxylic acids is 1. The van der Waals surface area contributed by atoms with E-state index in [1.807, 2.05) is 6.07 Å². The van der Waals surface area contributed by atoms with E-state index in [-0.39, 0.29) is 12.3 Å². The van der Waals surface area contributed by atoms with Gasteiger partial charge in [0.15, 0.2) is 12.4 Å². The molecule has 0 aliphatic heterocycles.